The third-order valence-electron chi connectivity index (χ3n) is 2.97. The van der Waals surface area contributed by atoms with Gasteiger partial charge in [-0.1, -0.05) is 64.1 Å². The average molecular weight is 330 g/mol. The highest BCUT2D eigenvalue weighted by atomic mass is 79.9. The summed E-state index contributed by atoms with van der Waals surface area (Å²) in [6, 6.07) is 20.6. The zero-order valence-corrected chi connectivity index (χ0v) is 12.5. The van der Waals surface area contributed by atoms with Gasteiger partial charge < -0.3 is 5.73 Å². The second-order valence-electron chi connectivity index (χ2n) is 4.23. The second kappa shape index (κ2) is 5.27. The minimum absolute atomic E-state index is 0.819. The van der Waals surface area contributed by atoms with Crippen LogP contribution in [0, 0.1) is 0 Å². The molecule has 0 saturated carbocycles. The SMILES string of the molecule is Nc1ccccc1Sc1cccc2c(Br)cccc12. The molecule has 0 unspecified atom stereocenters. The zero-order chi connectivity index (χ0) is 13.2. The lowest BCUT2D eigenvalue weighted by atomic mass is 10.1. The van der Waals surface area contributed by atoms with Gasteiger partial charge in [0, 0.05) is 20.0 Å². The highest BCUT2D eigenvalue weighted by Gasteiger charge is 2.06. The Morgan fingerprint density at radius 3 is 2.26 bits per heavy atom. The minimum Gasteiger partial charge on any atom is -0.398 e. The zero-order valence-electron chi connectivity index (χ0n) is 10.1. The van der Waals surface area contributed by atoms with Crippen LogP contribution in [0.25, 0.3) is 10.8 Å². The van der Waals surface area contributed by atoms with E-state index in [4.69, 9.17) is 5.73 Å². The third-order valence-corrected chi connectivity index (χ3v) is 4.83. The molecular weight excluding hydrogens is 318 g/mol. The minimum atomic E-state index is 0.819. The van der Waals surface area contributed by atoms with Gasteiger partial charge in [0.25, 0.3) is 0 Å². The van der Waals surface area contributed by atoms with E-state index in [0.29, 0.717) is 0 Å². The molecule has 0 bridgehead atoms. The van der Waals surface area contributed by atoms with Crippen LogP contribution in [0.4, 0.5) is 5.69 Å². The first kappa shape index (κ1) is 12.6. The number of nitrogen functional groups attached to an aromatic ring is 1. The Hall–Kier alpha value is -1.45. The van der Waals surface area contributed by atoms with Crippen molar-refractivity contribution < 1.29 is 0 Å². The number of anilines is 1. The normalized spacial score (nSPS) is 10.8. The highest BCUT2D eigenvalue weighted by molar-refractivity contribution is 9.10. The van der Waals surface area contributed by atoms with Crippen LogP contribution in [0.3, 0.4) is 0 Å². The molecule has 0 fully saturated rings. The molecule has 2 N–H and O–H groups in total. The summed E-state index contributed by atoms with van der Waals surface area (Å²) in [6.07, 6.45) is 0. The van der Waals surface area contributed by atoms with Crippen LogP contribution in [0.5, 0.6) is 0 Å². The van der Waals surface area contributed by atoms with E-state index >= 15 is 0 Å². The molecule has 0 spiro atoms. The van der Waals surface area contributed by atoms with Crippen LogP contribution in [0.15, 0.2) is 74.9 Å². The molecule has 0 aliphatic rings. The molecule has 3 heteroatoms. The first-order chi connectivity index (χ1) is 9.25. The van der Waals surface area contributed by atoms with Gasteiger partial charge in [0.15, 0.2) is 0 Å². The molecule has 0 aliphatic carbocycles. The summed E-state index contributed by atoms with van der Waals surface area (Å²) >= 11 is 5.30. The van der Waals surface area contributed by atoms with Crippen molar-refractivity contribution in [3.05, 3.63) is 65.1 Å². The maximum atomic E-state index is 6.01. The molecule has 19 heavy (non-hydrogen) atoms. The number of hydrogen-bond acceptors (Lipinski definition) is 2. The van der Waals surface area contributed by atoms with E-state index in [0.717, 1.165) is 15.1 Å². The predicted octanol–water partition coefficient (Wildman–Crippen LogP) is 5.34. The van der Waals surface area contributed by atoms with E-state index in [1.165, 1.54) is 15.7 Å². The van der Waals surface area contributed by atoms with Crippen LogP contribution in [0.2, 0.25) is 0 Å². The molecule has 3 aromatic carbocycles. The maximum absolute atomic E-state index is 6.01. The third kappa shape index (κ3) is 2.48. The van der Waals surface area contributed by atoms with Crippen molar-refractivity contribution in [1.82, 2.24) is 0 Å². The van der Waals surface area contributed by atoms with Gasteiger partial charge in [0.1, 0.15) is 0 Å². The van der Waals surface area contributed by atoms with Gasteiger partial charge in [-0.2, -0.15) is 0 Å². The number of rotatable bonds is 2. The number of para-hydroxylation sites is 1. The number of halogens is 1. The standard InChI is InChI=1S/C16H12BrNS/c17-13-7-3-6-12-11(13)5-4-10-15(12)19-16-9-2-1-8-14(16)18/h1-10H,18H2. The van der Waals surface area contributed by atoms with Crippen molar-refractivity contribution in [2.75, 3.05) is 5.73 Å². The van der Waals surface area contributed by atoms with E-state index < -0.39 is 0 Å². The van der Waals surface area contributed by atoms with E-state index in [1.807, 2.05) is 18.2 Å². The van der Waals surface area contributed by atoms with Gasteiger partial charge in [0.2, 0.25) is 0 Å². The molecule has 0 atom stereocenters. The summed E-state index contributed by atoms with van der Waals surface area (Å²) in [6.45, 7) is 0. The van der Waals surface area contributed by atoms with Crippen LogP contribution in [-0.4, -0.2) is 0 Å². The van der Waals surface area contributed by atoms with Crippen molar-refractivity contribution in [2.45, 2.75) is 9.79 Å². The molecule has 0 aliphatic heterocycles. The summed E-state index contributed by atoms with van der Waals surface area (Å²) in [4.78, 5) is 2.31. The summed E-state index contributed by atoms with van der Waals surface area (Å²) in [5.74, 6) is 0. The van der Waals surface area contributed by atoms with Gasteiger partial charge in [0.05, 0.1) is 0 Å². The Kier molecular flexibility index (Phi) is 3.49. The first-order valence-corrected chi connectivity index (χ1v) is 7.56. The van der Waals surface area contributed by atoms with E-state index in [-0.39, 0.29) is 0 Å². The Balaban J connectivity index is 2.12. The lowest BCUT2D eigenvalue weighted by Crippen LogP contribution is -1.87. The van der Waals surface area contributed by atoms with Gasteiger partial charge >= 0.3 is 0 Å². The van der Waals surface area contributed by atoms with Crippen LogP contribution >= 0.6 is 27.7 Å². The molecule has 0 aromatic heterocycles. The fraction of sp³-hybridized carbons (Fsp3) is 0. The molecule has 3 rings (SSSR count). The van der Waals surface area contributed by atoms with Crippen molar-refractivity contribution in [1.29, 1.82) is 0 Å². The smallest absolute Gasteiger partial charge is 0.0455 e. The van der Waals surface area contributed by atoms with Gasteiger partial charge in [-0.15, -0.1) is 0 Å². The van der Waals surface area contributed by atoms with E-state index in [1.54, 1.807) is 11.8 Å². The monoisotopic (exact) mass is 329 g/mol. The fourth-order valence-electron chi connectivity index (χ4n) is 2.02. The van der Waals surface area contributed by atoms with Crippen LogP contribution in [-0.2, 0) is 0 Å². The lowest BCUT2D eigenvalue weighted by Gasteiger charge is -2.09. The molecule has 94 valence electrons. The molecule has 3 aromatic rings. The Morgan fingerprint density at radius 2 is 1.42 bits per heavy atom. The molecule has 0 heterocycles. The van der Waals surface area contributed by atoms with E-state index in [9.17, 15) is 0 Å². The molecule has 1 nitrogen and oxygen atoms in total. The predicted molar refractivity (Wildman–Crippen MR) is 86.6 cm³/mol. The molecule has 0 saturated heterocycles. The summed E-state index contributed by atoms with van der Waals surface area (Å²) in [7, 11) is 0. The van der Waals surface area contributed by atoms with Gasteiger partial charge in [-0.3, -0.25) is 0 Å². The van der Waals surface area contributed by atoms with Gasteiger partial charge in [-0.25, -0.2) is 0 Å². The summed E-state index contributed by atoms with van der Waals surface area (Å²) in [5, 5.41) is 2.46. The molecule has 0 radical (unpaired) electrons. The van der Waals surface area contributed by atoms with Crippen LogP contribution < -0.4 is 5.73 Å². The van der Waals surface area contributed by atoms with Crippen molar-refractivity contribution in [3.63, 3.8) is 0 Å². The van der Waals surface area contributed by atoms with Crippen molar-refractivity contribution in [2.24, 2.45) is 0 Å². The maximum Gasteiger partial charge on any atom is 0.0455 e. The summed E-state index contributed by atoms with van der Waals surface area (Å²) in [5.41, 5.74) is 6.83. The largest absolute Gasteiger partial charge is 0.398 e. The van der Waals surface area contributed by atoms with Crippen molar-refractivity contribution >= 4 is 44.2 Å². The fourth-order valence-corrected chi connectivity index (χ4v) is 3.53. The van der Waals surface area contributed by atoms with E-state index in [2.05, 4.69) is 58.4 Å². The topological polar surface area (TPSA) is 26.0 Å². The Bertz CT molecular complexity index is 740. The van der Waals surface area contributed by atoms with Gasteiger partial charge in [-0.05, 0) is 35.0 Å². The molecule has 0 amide bonds. The average Bonchev–Trinajstić information content (AvgIpc) is 2.42. The number of nitrogens with two attached hydrogens (primary N) is 1. The van der Waals surface area contributed by atoms with Crippen LogP contribution in [0.1, 0.15) is 0 Å². The second-order valence-corrected chi connectivity index (χ2v) is 6.17. The quantitative estimate of drug-likeness (QED) is 0.642. The number of fused-ring (bicyclic) bond motifs is 1. The lowest BCUT2D eigenvalue weighted by molar-refractivity contribution is 1.44. The molecular formula is C16H12BrNS. The number of benzene rings is 3. The first-order valence-electron chi connectivity index (χ1n) is 5.95. The summed E-state index contributed by atoms with van der Waals surface area (Å²) < 4.78 is 1.12. The highest BCUT2D eigenvalue weighted by Crippen LogP contribution is 2.37. The Morgan fingerprint density at radius 1 is 0.737 bits per heavy atom. The Labute approximate surface area is 125 Å². The number of hydrogen-bond donors (Lipinski definition) is 1. The van der Waals surface area contributed by atoms with Crippen molar-refractivity contribution in [3.8, 4) is 0 Å².